The van der Waals surface area contributed by atoms with Crippen molar-refractivity contribution in [3.63, 3.8) is 0 Å². The lowest BCUT2D eigenvalue weighted by molar-refractivity contribution is -0.0180. The van der Waals surface area contributed by atoms with Crippen molar-refractivity contribution in [1.82, 2.24) is 0 Å². The van der Waals surface area contributed by atoms with Gasteiger partial charge in [-0.15, -0.1) is 0 Å². The number of methoxy groups -OCH3 is 2. The Kier molecular flexibility index (Phi) is 5.29. The van der Waals surface area contributed by atoms with Crippen LogP contribution in [-0.4, -0.2) is 25.4 Å². The first-order valence-corrected chi connectivity index (χ1v) is 5.57. The molecule has 0 aromatic heterocycles. The maximum absolute atomic E-state index is 10.2. The highest BCUT2D eigenvalue weighted by molar-refractivity contribution is 5.30. The minimum Gasteiger partial charge on any atom is -0.497 e. The third-order valence-electron chi connectivity index (χ3n) is 2.66. The van der Waals surface area contributed by atoms with Gasteiger partial charge in [0.05, 0.1) is 13.2 Å². The van der Waals surface area contributed by atoms with Gasteiger partial charge in [0.1, 0.15) is 11.9 Å². The molecule has 0 amide bonds. The minimum atomic E-state index is -0.597. The van der Waals surface area contributed by atoms with Gasteiger partial charge in [0.15, 0.2) is 0 Å². The van der Waals surface area contributed by atoms with Crippen molar-refractivity contribution in [3.05, 3.63) is 29.8 Å². The van der Waals surface area contributed by atoms with E-state index in [0.717, 1.165) is 24.2 Å². The lowest BCUT2D eigenvalue weighted by atomic mass is 10.0. The van der Waals surface area contributed by atoms with Crippen LogP contribution in [0.15, 0.2) is 24.3 Å². The molecule has 2 unspecified atom stereocenters. The quantitative estimate of drug-likeness (QED) is 0.807. The zero-order valence-corrected chi connectivity index (χ0v) is 10.1. The molecule has 0 bridgehead atoms. The fraction of sp³-hybridized carbons (Fsp3) is 0.538. The third kappa shape index (κ3) is 3.22. The van der Waals surface area contributed by atoms with Crippen LogP contribution in [0.4, 0.5) is 0 Å². The van der Waals surface area contributed by atoms with E-state index in [4.69, 9.17) is 9.47 Å². The van der Waals surface area contributed by atoms with Gasteiger partial charge in [-0.3, -0.25) is 0 Å². The Bertz CT molecular complexity index is 312. The van der Waals surface area contributed by atoms with E-state index in [2.05, 4.69) is 6.92 Å². The molecule has 1 aromatic rings. The molecule has 0 spiro atoms. The summed E-state index contributed by atoms with van der Waals surface area (Å²) in [6.45, 7) is 2.07. The summed E-state index contributed by atoms with van der Waals surface area (Å²) in [6, 6.07) is 7.45. The summed E-state index contributed by atoms with van der Waals surface area (Å²) in [5.74, 6) is 0.753. The molecule has 0 aliphatic rings. The molecule has 1 rings (SSSR count). The number of aliphatic hydroxyl groups is 1. The molecule has 1 N–H and O–H groups in total. The first kappa shape index (κ1) is 13.0. The van der Waals surface area contributed by atoms with Gasteiger partial charge in [0.25, 0.3) is 0 Å². The van der Waals surface area contributed by atoms with Crippen LogP contribution in [0, 0.1) is 0 Å². The van der Waals surface area contributed by atoms with Gasteiger partial charge in [0, 0.05) is 7.11 Å². The van der Waals surface area contributed by atoms with Crippen LogP contribution in [0.3, 0.4) is 0 Å². The maximum Gasteiger partial charge on any atom is 0.119 e. The first-order valence-electron chi connectivity index (χ1n) is 5.57. The monoisotopic (exact) mass is 224 g/mol. The highest BCUT2D eigenvalue weighted by atomic mass is 16.5. The van der Waals surface area contributed by atoms with Crippen molar-refractivity contribution >= 4 is 0 Å². The minimum absolute atomic E-state index is 0.155. The predicted molar refractivity (Wildman–Crippen MR) is 63.7 cm³/mol. The fourth-order valence-electron chi connectivity index (χ4n) is 1.73. The molecule has 90 valence electrons. The van der Waals surface area contributed by atoms with Crippen LogP contribution in [-0.2, 0) is 4.74 Å². The van der Waals surface area contributed by atoms with E-state index in [9.17, 15) is 5.11 Å². The van der Waals surface area contributed by atoms with E-state index in [0.29, 0.717) is 0 Å². The Morgan fingerprint density at radius 2 is 2.06 bits per heavy atom. The van der Waals surface area contributed by atoms with Crippen molar-refractivity contribution in [1.29, 1.82) is 0 Å². The van der Waals surface area contributed by atoms with Crippen molar-refractivity contribution < 1.29 is 14.6 Å². The van der Waals surface area contributed by atoms with Gasteiger partial charge in [-0.05, 0) is 24.1 Å². The molecule has 0 fully saturated rings. The van der Waals surface area contributed by atoms with Crippen molar-refractivity contribution in [2.75, 3.05) is 14.2 Å². The second-order valence-corrected chi connectivity index (χ2v) is 3.78. The molecule has 0 saturated heterocycles. The second-order valence-electron chi connectivity index (χ2n) is 3.78. The summed E-state index contributed by atoms with van der Waals surface area (Å²) in [5, 5.41) is 10.2. The summed E-state index contributed by atoms with van der Waals surface area (Å²) in [4.78, 5) is 0. The summed E-state index contributed by atoms with van der Waals surface area (Å²) in [6.07, 6.45) is 1.08. The van der Waals surface area contributed by atoms with E-state index in [-0.39, 0.29) is 6.10 Å². The van der Waals surface area contributed by atoms with Crippen LogP contribution < -0.4 is 4.74 Å². The van der Waals surface area contributed by atoms with Gasteiger partial charge >= 0.3 is 0 Å². The average Bonchev–Trinajstić information content (AvgIpc) is 2.35. The van der Waals surface area contributed by atoms with Crippen LogP contribution in [0.5, 0.6) is 5.75 Å². The second kappa shape index (κ2) is 6.51. The lowest BCUT2D eigenvalue weighted by Gasteiger charge is -2.21. The van der Waals surface area contributed by atoms with E-state index in [1.807, 2.05) is 24.3 Å². The molecular weight excluding hydrogens is 204 g/mol. The number of benzene rings is 1. The van der Waals surface area contributed by atoms with Crippen LogP contribution >= 0.6 is 0 Å². The van der Waals surface area contributed by atoms with Crippen LogP contribution in [0.1, 0.15) is 31.4 Å². The summed E-state index contributed by atoms with van der Waals surface area (Å²) >= 11 is 0. The largest absolute Gasteiger partial charge is 0.497 e. The standard InChI is InChI=1S/C13H20O3/c1-4-6-12(16-3)13(14)10-7-5-8-11(9-10)15-2/h5,7-9,12-14H,4,6H2,1-3H3. The average molecular weight is 224 g/mol. The van der Waals surface area contributed by atoms with E-state index in [1.165, 1.54) is 0 Å². The number of hydrogen-bond donors (Lipinski definition) is 1. The highest BCUT2D eigenvalue weighted by Crippen LogP contribution is 2.25. The van der Waals surface area contributed by atoms with Gasteiger partial charge in [0.2, 0.25) is 0 Å². The Labute approximate surface area is 97.0 Å². The van der Waals surface area contributed by atoms with Crippen molar-refractivity contribution in [2.45, 2.75) is 32.0 Å². The summed E-state index contributed by atoms with van der Waals surface area (Å²) in [7, 11) is 3.25. The molecule has 3 heteroatoms. The number of ether oxygens (including phenoxy) is 2. The normalized spacial score (nSPS) is 14.5. The predicted octanol–water partition coefficient (Wildman–Crippen LogP) is 2.54. The molecule has 3 nitrogen and oxygen atoms in total. The fourth-order valence-corrected chi connectivity index (χ4v) is 1.73. The zero-order chi connectivity index (χ0) is 12.0. The maximum atomic E-state index is 10.2. The molecular formula is C13H20O3. The molecule has 16 heavy (non-hydrogen) atoms. The van der Waals surface area contributed by atoms with E-state index >= 15 is 0 Å². The molecule has 0 heterocycles. The van der Waals surface area contributed by atoms with Gasteiger partial charge in [-0.1, -0.05) is 25.5 Å². The Morgan fingerprint density at radius 3 is 2.62 bits per heavy atom. The van der Waals surface area contributed by atoms with Crippen LogP contribution in [0.2, 0.25) is 0 Å². The van der Waals surface area contributed by atoms with Crippen molar-refractivity contribution in [2.24, 2.45) is 0 Å². The Balaban J connectivity index is 2.80. The zero-order valence-electron chi connectivity index (χ0n) is 10.1. The van der Waals surface area contributed by atoms with Gasteiger partial charge in [-0.25, -0.2) is 0 Å². The topological polar surface area (TPSA) is 38.7 Å². The number of rotatable bonds is 6. The number of hydrogen-bond acceptors (Lipinski definition) is 3. The Hall–Kier alpha value is -1.06. The Morgan fingerprint density at radius 1 is 1.31 bits per heavy atom. The third-order valence-corrected chi connectivity index (χ3v) is 2.66. The molecule has 1 aromatic carbocycles. The SMILES string of the molecule is CCCC(OC)C(O)c1cccc(OC)c1. The molecule has 0 saturated carbocycles. The van der Waals surface area contributed by atoms with E-state index < -0.39 is 6.10 Å². The molecule has 2 atom stereocenters. The molecule has 0 aliphatic heterocycles. The molecule has 0 aliphatic carbocycles. The van der Waals surface area contributed by atoms with Crippen molar-refractivity contribution in [3.8, 4) is 5.75 Å². The smallest absolute Gasteiger partial charge is 0.119 e. The number of aliphatic hydroxyl groups excluding tert-OH is 1. The highest BCUT2D eigenvalue weighted by Gasteiger charge is 2.19. The van der Waals surface area contributed by atoms with Gasteiger partial charge < -0.3 is 14.6 Å². The summed E-state index contributed by atoms with van der Waals surface area (Å²) < 4.78 is 10.4. The van der Waals surface area contributed by atoms with E-state index in [1.54, 1.807) is 14.2 Å². The summed E-state index contributed by atoms with van der Waals surface area (Å²) in [5.41, 5.74) is 0.833. The lowest BCUT2D eigenvalue weighted by Crippen LogP contribution is -2.20. The first-order chi connectivity index (χ1) is 7.72. The molecule has 0 radical (unpaired) electrons. The van der Waals surface area contributed by atoms with Crippen LogP contribution in [0.25, 0.3) is 0 Å². The van der Waals surface area contributed by atoms with Gasteiger partial charge in [-0.2, -0.15) is 0 Å².